The van der Waals surface area contributed by atoms with E-state index in [4.69, 9.17) is 11.6 Å². The summed E-state index contributed by atoms with van der Waals surface area (Å²) in [5.41, 5.74) is -0.673. The zero-order valence-corrected chi connectivity index (χ0v) is 16.7. The van der Waals surface area contributed by atoms with Crippen molar-refractivity contribution in [1.29, 1.82) is 0 Å². The lowest BCUT2D eigenvalue weighted by Gasteiger charge is -2.12. The Morgan fingerprint density at radius 3 is 2.79 bits per heavy atom. The molecule has 2 heterocycles. The van der Waals surface area contributed by atoms with Crippen LogP contribution in [0.5, 0.6) is 0 Å². The van der Waals surface area contributed by atoms with Gasteiger partial charge in [0.25, 0.3) is 5.56 Å². The number of halogens is 4. The van der Waals surface area contributed by atoms with Gasteiger partial charge in [0.05, 0.1) is 21.9 Å². The van der Waals surface area contributed by atoms with Gasteiger partial charge in [-0.2, -0.15) is 13.2 Å². The van der Waals surface area contributed by atoms with Crippen molar-refractivity contribution in [2.75, 3.05) is 11.1 Å². The maximum absolute atomic E-state index is 12.9. The minimum absolute atomic E-state index is 0.0172. The van der Waals surface area contributed by atoms with Gasteiger partial charge in [-0.15, -0.1) is 11.3 Å². The van der Waals surface area contributed by atoms with E-state index < -0.39 is 22.7 Å². The van der Waals surface area contributed by atoms with Crippen molar-refractivity contribution in [2.24, 2.45) is 0 Å². The fourth-order valence-electron chi connectivity index (χ4n) is 2.46. The highest BCUT2D eigenvalue weighted by molar-refractivity contribution is 7.99. The predicted molar refractivity (Wildman–Crippen MR) is 105 cm³/mol. The lowest BCUT2D eigenvalue weighted by molar-refractivity contribution is -0.137. The SMILES string of the molecule is CCn1c(SCC(=O)Nc2ccc(Cl)c(C(F)(F)F)c2)nc2ccsc2c1=O. The summed E-state index contributed by atoms with van der Waals surface area (Å²) in [7, 11) is 0. The average molecular weight is 448 g/mol. The monoisotopic (exact) mass is 447 g/mol. The lowest BCUT2D eigenvalue weighted by atomic mass is 10.2. The van der Waals surface area contributed by atoms with Crippen molar-refractivity contribution in [3.8, 4) is 0 Å². The molecule has 0 spiro atoms. The summed E-state index contributed by atoms with van der Waals surface area (Å²) in [6.07, 6.45) is -4.62. The molecule has 0 aliphatic carbocycles. The minimum Gasteiger partial charge on any atom is -0.325 e. The second-order valence-electron chi connectivity index (χ2n) is 5.61. The molecule has 11 heteroatoms. The third-order valence-corrected chi connectivity index (χ3v) is 5.93. The predicted octanol–water partition coefficient (Wildman–Crippen LogP) is 4.88. The highest BCUT2D eigenvalue weighted by Gasteiger charge is 2.33. The van der Waals surface area contributed by atoms with E-state index in [1.54, 1.807) is 18.4 Å². The average Bonchev–Trinajstić information content (AvgIpc) is 3.09. The number of aromatic nitrogens is 2. The van der Waals surface area contributed by atoms with E-state index in [1.165, 1.54) is 22.0 Å². The molecular formula is C17H13ClF3N3O2S2. The van der Waals surface area contributed by atoms with Gasteiger partial charge in [-0.05, 0) is 36.6 Å². The van der Waals surface area contributed by atoms with Crippen LogP contribution in [-0.4, -0.2) is 21.2 Å². The van der Waals surface area contributed by atoms with E-state index in [1.807, 2.05) is 0 Å². The van der Waals surface area contributed by atoms with Gasteiger partial charge in [0.1, 0.15) is 4.70 Å². The largest absolute Gasteiger partial charge is 0.417 e. The van der Waals surface area contributed by atoms with Crippen molar-refractivity contribution in [3.05, 3.63) is 50.6 Å². The number of hydrogen-bond donors (Lipinski definition) is 1. The maximum atomic E-state index is 12.9. The van der Waals surface area contributed by atoms with Gasteiger partial charge in [-0.1, -0.05) is 23.4 Å². The molecule has 28 heavy (non-hydrogen) atoms. The number of rotatable bonds is 5. The fraction of sp³-hybridized carbons (Fsp3) is 0.235. The summed E-state index contributed by atoms with van der Waals surface area (Å²) >= 11 is 7.90. The highest BCUT2D eigenvalue weighted by Crippen LogP contribution is 2.36. The Bertz CT molecular complexity index is 1100. The number of carbonyl (C=O) groups is 1. The molecule has 0 fully saturated rings. The van der Waals surface area contributed by atoms with E-state index in [9.17, 15) is 22.8 Å². The number of anilines is 1. The Labute approximate surface area is 170 Å². The molecule has 2 aromatic heterocycles. The number of thiophene rings is 1. The Hall–Kier alpha value is -2.04. The van der Waals surface area contributed by atoms with Crippen LogP contribution in [-0.2, 0) is 17.5 Å². The maximum Gasteiger partial charge on any atom is 0.417 e. The van der Waals surface area contributed by atoms with Crippen molar-refractivity contribution in [3.63, 3.8) is 0 Å². The van der Waals surface area contributed by atoms with E-state index >= 15 is 0 Å². The molecule has 0 saturated heterocycles. The van der Waals surface area contributed by atoms with Crippen LogP contribution in [0.25, 0.3) is 10.2 Å². The number of benzene rings is 1. The second-order valence-corrected chi connectivity index (χ2v) is 7.87. The molecule has 1 amide bonds. The summed E-state index contributed by atoms with van der Waals surface area (Å²) in [6.45, 7) is 2.18. The molecule has 148 valence electrons. The molecule has 0 atom stereocenters. The first-order valence-electron chi connectivity index (χ1n) is 7.98. The zero-order chi connectivity index (χ0) is 20.5. The van der Waals surface area contributed by atoms with E-state index in [2.05, 4.69) is 10.3 Å². The minimum atomic E-state index is -4.62. The molecule has 3 aromatic rings. The molecule has 0 aliphatic heterocycles. The first kappa shape index (κ1) is 20.7. The molecule has 0 bridgehead atoms. The number of nitrogens with zero attached hydrogens (tertiary/aromatic N) is 2. The zero-order valence-electron chi connectivity index (χ0n) is 14.3. The fourth-order valence-corrected chi connectivity index (χ4v) is 4.33. The van der Waals surface area contributed by atoms with Gasteiger partial charge in [0.2, 0.25) is 5.91 Å². The third-order valence-electron chi connectivity index (χ3n) is 3.73. The van der Waals surface area contributed by atoms with Gasteiger partial charge in [-0.3, -0.25) is 14.2 Å². The van der Waals surface area contributed by atoms with E-state index in [-0.39, 0.29) is 17.0 Å². The van der Waals surface area contributed by atoms with E-state index in [0.29, 0.717) is 21.9 Å². The van der Waals surface area contributed by atoms with Gasteiger partial charge < -0.3 is 5.32 Å². The third kappa shape index (κ3) is 4.34. The summed E-state index contributed by atoms with van der Waals surface area (Å²) in [4.78, 5) is 29.0. The Balaban J connectivity index is 1.75. The molecular weight excluding hydrogens is 435 g/mol. The van der Waals surface area contributed by atoms with Crippen LogP contribution in [0.15, 0.2) is 39.6 Å². The smallest absolute Gasteiger partial charge is 0.325 e. The van der Waals surface area contributed by atoms with Crippen LogP contribution in [0.3, 0.4) is 0 Å². The highest BCUT2D eigenvalue weighted by atomic mass is 35.5. The summed E-state index contributed by atoms with van der Waals surface area (Å²) < 4.78 is 40.7. The molecule has 1 aromatic carbocycles. The van der Waals surface area contributed by atoms with Crippen LogP contribution in [0.1, 0.15) is 12.5 Å². The first-order chi connectivity index (χ1) is 13.2. The second kappa shape index (κ2) is 8.14. The number of fused-ring (bicyclic) bond motifs is 1. The van der Waals surface area contributed by atoms with Gasteiger partial charge in [-0.25, -0.2) is 4.98 Å². The number of carbonyl (C=O) groups excluding carboxylic acids is 1. The lowest BCUT2D eigenvalue weighted by Crippen LogP contribution is -2.22. The summed E-state index contributed by atoms with van der Waals surface area (Å²) in [5.74, 6) is -0.644. The van der Waals surface area contributed by atoms with Gasteiger partial charge in [0.15, 0.2) is 5.16 Å². The Morgan fingerprint density at radius 1 is 1.36 bits per heavy atom. The van der Waals surface area contributed by atoms with Crippen LogP contribution in [0.4, 0.5) is 18.9 Å². The van der Waals surface area contributed by atoms with Crippen molar-refractivity contribution >= 4 is 56.5 Å². The van der Waals surface area contributed by atoms with Crippen molar-refractivity contribution in [1.82, 2.24) is 9.55 Å². The standard InChI is InChI=1S/C17H13ClF3N3O2S2/c1-2-24-15(26)14-12(5-6-27-14)23-16(24)28-8-13(25)22-9-3-4-11(18)10(7-9)17(19,20)21/h3-7H,2,8H2,1H3,(H,22,25). The first-order valence-corrected chi connectivity index (χ1v) is 10.2. The van der Waals surface area contributed by atoms with Crippen LogP contribution >= 0.6 is 34.7 Å². The molecule has 3 rings (SSSR count). The van der Waals surface area contributed by atoms with E-state index in [0.717, 1.165) is 23.9 Å². The number of amides is 1. The topological polar surface area (TPSA) is 64.0 Å². The number of alkyl halides is 3. The van der Waals surface area contributed by atoms with Gasteiger partial charge >= 0.3 is 6.18 Å². The number of nitrogens with one attached hydrogen (secondary N) is 1. The summed E-state index contributed by atoms with van der Waals surface area (Å²) in [6, 6.07) is 4.87. The van der Waals surface area contributed by atoms with Gasteiger partial charge in [0, 0.05) is 12.2 Å². The molecule has 0 radical (unpaired) electrons. The number of hydrogen-bond acceptors (Lipinski definition) is 5. The molecule has 0 unspecified atom stereocenters. The van der Waals surface area contributed by atoms with Crippen LogP contribution < -0.4 is 10.9 Å². The molecule has 0 saturated carbocycles. The molecule has 5 nitrogen and oxygen atoms in total. The Morgan fingerprint density at radius 2 is 2.11 bits per heavy atom. The Kier molecular flexibility index (Phi) is 6.01. The molecule has 0 aliphatic rings. The van der Waals surface area contributed by atoms with Crippen molar-refractivity contribution < 1.29 is 18.0 Å². The summed E-state index contributed by atoms with van der Waals surface area (Å²) in [5, 5.41) is 4.10. The normalized spacial score (nSPS) is 11.8. The van der Waals surface area contributed by atoms with Crippen LogP contribution in [0, 0.1) is 0 Å². The number of thioether (sulfide) groups is 1. The molecule has 1 N–H and O–H groups in total. The quantitative estimate of drug-likeness (QED) is 0.447. The van der Waals surface area contributed by atoms with Crippen LogP contribution in [0.2, 0.25) is 5.02 Å². The van der Waals surface area contributed by atoms with Crippen molar-refractivity contribution in [2.45, 2.75) is 24.8 Å².